The van der Waals surface area contributed by atoms with Gasteiger partial charge in [0, 0.05) is 80.5 Å². The summed E-state index contributed by atoms with van der Waals surface area (Å²) in [6.07, 6.45) is 3.65. The van der Waals surface area contributed by atoms with E-state index in [2.05, 4.69) is 52.3 Å². The number of nitrogens with zero attached hydrogens (tertiary/aromatic N) is 6. The van der Waals surface area contributed by atoms with Crippen molar-refractivity contribution >= 4 is 51.8 Å². The van der Waals surface area contributed by atoms with E-state index in [1.54, 1.807) is 12.3 Å². The first-order valence-electron chi connectivity index (χ1n) is 21.4. The molecule has 4 fully saturated rings. The SMILES string of the molecule is CC1(C)C(NC(=O)c2ccc(N3CCC(CN4CCN(c5cc6c(cc5F)C(=O)N(C5CCC(=O)NC5=O)C6=O)CC4)CC3)cc2)C2(C)c3ccnc4c(C#N)ccc(c34)O[C@@H]12. The van der Waals surface area contributed by atoms with Crippen molar-refractivity contribution in [2.45, 2.75) is 70.1 Å². The van der Waals surface area contributed by atoms with Crippen LogP contribution in [0.25, 0.3) is 10.9 Å². The predicted octanol–water partition coefficient (Wildman–Crippen LogP) is 4.54. The van der Waals surface area contributed by atoms with Crippen molar-refractivity contribution in [3.05, 3.63) is 94.4 Å². The molecule has 10 rings (SSSR count). The predicted molar refractivity (Wildman–Crippen MR) is 226 cm³/mol. The lowest BCUT2D eigenvalue weighted by atomic mass is 9.45. The first kappa shape index (κ1) is 39.7. The van der Waals surface area contributed by atoms with E-state index in [-0.39, 0.29) is 53.1 Å². The Labute approximate surface area is 358 Å². The minimum Gasteiger partial charge on any atom is -0.488 e. The van der Waals surface area contributed by atoms with E-state index < -0.39 is 40.9 Å². The fraction of sp³-hybridized carbons (Fsp3) is 0.426. The van der Waals surface area contributed by atoms with Crippen molar-refractivity contribution in [3.63, 3.8) is 0 Å². The summed E-state index contributed by atoms with van der Waals surface area (Å²) in [7, 11) is 0. The Hall–Kier alpha value is -6.40. The highest BCUT2D eigenvalue weighted by atomic mass is 19.1. The van der Waals surface area contributed by atoms with Gasteiger partial charge >= 0.3 is 0 Å². The summed E-state index contributed by atoms with van der Waals surface area (Å²) < 4.78 is 22.1. The van der Waals surface area contributed by atoms with E-state index >= 15 is 4.39 Å². The van der Waals surface area contributed by atoms with Crippen LogP contribution in [0.4, 0.5) is 15.8 Å². The number of nitriles is 1. The van der Waals surface area contributed by atoms with Crippen molar-refractivity contribution < 1.29 is 33.1 Å². The molecule has 3 aromatic carbocycles. The van der Waals surface area contributed by atoms with Crippen LogP contribution in [0.5, 0.6) is 5.75 Å². The second-order valence-corrected chi connectivity index (χ2v) is 18.4. The minimum atomic E-state index is -1.10. The van der Waals surface area contributed by atoms with Crippen LogP contribution in [0.2, 0.25) is 0 Å². The second kappa shape index (κ2) is 14.6. The van der Waals surface area contributed by atoms with Gasteiger partial charge in [0.1, 0.15) is 29.8 Å². The normalized spacial score (nSPS) is 25.7. The molecule has 0 spiro atoms. The zero-order valence-corrected chi connectivity index (χ0v) is 34.9. The Bertz CT molecular complexity index is 2630. The van der Waals surface area contributed by atoms with Crippen molar-refractivity contribution in [2.75, 3.05) is 55.6 Å². The van der Waals surface area contributed by atoms with Gasteiger partial charge in [0.2, 0.25) is 11.8 Å². The minimum absolute atomic E-state index is 0.0149. The Kier molecular flexibility index (Phi) is 9.36. The van der Waals surface area contributed by atoms with Crippen LogP contribution >= 0.6 is 0 Å². The van der Waals surface area contributed by atoms with Gasteiger partial charge in [-0.25, -0.2) is 4.39 Å². The van der Waals surface area contributed by atoms with E-state index in [0.29, 0.717) is 35.7 Å². The Balaban J connectivity index is 0.726. The number of piperidine rings is 2. The highest BCUT2D eigenvalue weighted by molar-refractivity contribution is 6.23. The van der Waals surface area contributed by atoms with Gasteiger partial charge in [-0.2, -0.15) is 5.26 Å². The molecule has 4 atom stereocenters. The zero-order chi connectivity index (χ0) is 43.2. The third kappa shape index (κ3) is 6.13. The Morgan fingerprint density at radius 2 is 1.63 bits per heavy atom. The van der Waals surface area contributed by atoms with E-state index in [4.69, 9.17) is 4.74 Å². The molecule has 3 unspecified atom stereocenters. The standard InChI is InChI=1S/C47H47FN8O6/c1-46(2)44(47(3)32-12-15-50-39-28(24-49)6-10-36(38(32)39)62-45(46)47)52-40(58)27-4-7-29(8-5-27)54-16-13-26(14-17-54)25-53-18-20-55(21-19-53)35-23-31-30(22-33(35)48)42(60)56(43(31)61)34-9-11-37(57)51-41(34)59/h4-8,10,12,15,22-23,26,34,44-45H,9,11,13-14,16-21,25H2,1-3H3,(H,52,58)(H,51,57,59)/t34?,44?,45-,47?/m0/s1. The van der Waals surface area contributed by atoms with E-state index in [0.717, 1.165) is 78.9 Å². The number of amides is 5. The number of carbonyl (C=O) groups is 5. The highest BCUT2D eigenvalue weighted by Gasteiger charge is 2.69. The molecule has 0 bridgehead atoms. The molecule has 4 aromatic rings. The summed E-state index contributed by atoms with van der Waals surface area (Å²) in [5, 5.41) is 16.1. The summed E-state index contributed by atoms with van der Waals surface area (Å²) in [6.45, 7) is 11.7. The van der Waals surface area contributed by atoms with Gasteiger partial charge in [0.05, 0.1) is 39.4 Å². The molecule has 15 heteroatoms. The van der Waals surface area contributed by atoms with Crippen LogP contribution in [-0.2, 0) is 15.0 Å². The molecule has 5 amide bonds. The largest absolute Gasteiger partial charge is 0.488 e. The first-order chi connectivity index (χ1) is 29.8. The average Bonchev–Trinajstić information content (AvgIpc) is 3.51. The molecule has 6 aliphatic rings. The number of ether oxygens (including phenoxy) is 1. The van der Waals surface area contributed by atoms with Crippen LogP contribution in [-0.4, -0.2) is 108 Å². The molecule has 5 aliphatic heterocycles. The van der Waals surface area contributed by atoms with Gasteiger partial charge < -0.3 is 19.9 Å². The van der Waals surface area contributed by atoms with E-state index in [1.807, 2.05) is 41.3 Å². The van der Waals surface area contributed by atoms with Gasteiger partial charge in [0.25, 0.3) is 17.7 Å². The number of imide groups is 2. The van der Waals surface area contributed by atoms with Gasteiger partial charge in [-0.1, -0.05) is 13.8 Å². The number of nitrogens with one attached hydrogen (secondary N) is 2. The summed E-state index contributed by atoms with van der Waals surface area (Å²) >= 11 is 0. The molecule has 14 nitrogen and oxygen atoms in total. The molecule has 1 aliphatic carbocycles. The molecule has 2 N–H and O–H groups in total. The number of hydrogen-bond donors (Lipinski definition) is 2. The number of piperazine rings is 1. The molecular weight excluding hydrogens is 792 g/mol. The maximum Gasteiger partial charge on any atom is 0.262 e. The Morgan fingerprint density at radius 3 is 2.32 bits per heavy atom. The quantitative estimate of drug-likeness (QED) is 0.251. The van der Waals surface area contributed by atoms with Gasteiger partial charge in [-0.15, -0.1) is 0 Å². The summed E-state index contributed by atoms with van der Waals surface area (Å²) in [6, 6.07) is 16.9. The number of fused-ring (bicyclic) bond motifs is 3. The number of halogens is 1. The third-order valence-electron chi connectivity index (χ3n) is 14.5. The summed E-state index contributed by atoms with van der Waals surface area (Å²) in [5.41, 5.74) is 3.19. The lowest BCUT2D eigenvalue weighted by Gasteiger charge is -2.66. The smallest absolute Gasteiger partial charge is 0.262 e. The number of pyridine rings is 1. The van der Waals surface area contributed by atoms with Gasteiger partial charge in [-0.3, -0.25) is 44.1 Å². The maximum absolute atomic E-state index is 15.5. The van der Waals surface area contributed by atoms with E-state index in [1.165, 1.54) is 6.07 Å². The topological polar surface area (TPSA) is 168 Å². The maximum atomic E-state index is 15.5. The monoisotopic (exact) mass is 838 g/mol. The van der Waals surface area contributed by atoms with Gasteiger partial charge in [0.15, 0.2) is 0 Å². The number of carbonyl (C=O) groups excluding carboxylic acids is 5. The van der Waals surface area contributed by atoms with Crippen LogP contribution in [0.1, 0.15) is 88.7 Å². The average molecular weight is 839 g/mol. The lowest BCUT2D eigenvalue weighted by Crippen LogP contribution is -2.78. The molecule has 318 valence electrons. The van der Waals surface area contributed by atoms with Gasteiger partial charge in [-0.05, 0) is 92.3 Å². The van der Waals surface area contributed by atoms with E-state index in [9.17, 15) is 29.2 Å². The first-order valence-corrected chi connectivity index (χ1v) is 21.4. The molecule has 1 aromatic heterocycles. The molecular formula is C47H47FN8O6. The number of rotatable bonds is 7. The van der Waals surface area contributed by atoms with Crippen molar-refractivity contribution in [1.29, 1.82) is 5.26 Å². The van der Waals surface area contributed by atoms with Crippen molar-refractivity contribution in [3.8, 4) is 11.8 Å². The third-order valence-corrected chi connectivity index (χ3v) is 14.5. The summed E-state index contributed by atoms with van der Waals surface area (Å²) in [4.78, 5) is 76.5. The molecule has 62 heavy (non-hydrogen) atoms. The molecule has 1 saturated carbocycles. The second-order valence-electron chi connectivity index (χ2n) is 18.4. The Morgan fingerprint density at radius 1 is 0.919 bits per heavy atom. The van der Waals surface area contributed by atoms with Crippen LogP contribution in [0, 0.1) is 28.5 Å². The van der Waals surface area contributed by atoms with Crippen LogP contribution < -0.4 is 25.2 Å². The fourth-order valence-electron chi connectivity index (χ4n) is 11.3. The lowest BCUT2D eigenvalue weighted by molar-refractivity contribution is -0.136. The summed E-state index contributed by atoms with van der Waals surface area (Å²) in [5.74, 6) is -2.04. The van der Waals surface area contributed by atoms with Crippen LogP contribution in [0.15, 0.2) is 60.8 Å². The number of benzene rings is 3. The van der Waals surface area contributed by atoms with Crippen LogP contribution in [0.3, 0.4) is 0 Å². The highest BCUT2D eigenvalue weighted by Crippen LogP contribution is 2.61. The van der Waals surface area contributed by atoms with Crippen molar-refractivity contribution in [1.82, 2.24) is 25.4 Å². The number of hydrogen-bond acceptors (Lipinski definition) is 11. The molecule has 6 heterocycles. The number of aromatic nitrogens is 1. The van der Waals surface area contributed by atoms with Crippen molar-refractivity contribution in [2.24, 2.45) is 11.3 Å². The molecule has 0 radical (unpaired) electrons. The zero-order valence-electron chi connectivity index (χ0n) is 34.9. The fourth-order valence-corrected chi connectivity index (χ4v) is 11.3. The number of anilines is 2. The molecule has 3 saturated heterocycles.